The molecule has 3 aromatic rings. The number of nitrogens with one attached hydrogen (secondary N) is 1. The van der Waals surface area contributed by atoms with Crippen LogP contribution in [0.4, 0.5) is 4.39 Å². The topological polar surface area (TPSA) is 63.3 Å². The van der Waals surface area contributed by atoms with E-state index in [-0.39, 0.29) is 29.8 Å². The summed E-state index contributed by atoms with van der Waals surface area (Å²) in [4.78, 5) is 15.1. The van der Waals surface area contributed by atoms with Crippen molar-refractivity contribution >= 4 is 29.9 Å². The molecule has 4 rings (SSSR count). The van der Waals surface area contributed by atoms with Crippen LogP contribution in [0.5, 0.6) is 0 Å². The van der Waals surface area contributed by atoms with Crippen molar-refractivity contribution in [1.29, 1.82) is 0 Å². The Morgan fingerprint density at radius 3 is 2.77 bits per heavy atom. The first-order valence-corrected chi connectivity index (χ1v) is 10.3. The molecule has 7 nitrogen and oxygen atoms in total. The predicted octanol–water partition coefficient (Wildman–Crippen LogP) is 3.79. The fraction of sp³-hybridized carbons (Fsp3) is 0.409. The Bertz CT molecular complexity index is 1010. The highest BCUT2D eigenvalue weighted by atomic mass is 127. The zero-order chi connectivity index (χ0) is 21.1. The second-order valence-electron chi connectivity index (χ2n) is 7.82. The van der Waals surface area contributed by atoms with Gasteiger partial charge in [0.15, 0.2) is 5.96 Å². The SMILES string of the molecule is CN=C(NCc1ccc(-n2ccnc2C)c(F)c1)N1CCC(C)C(n2ccnc2)C1.I. The van der Waals surface area contributed by atoms with E-state index in [4.69, 9.17) is 0 Å². The predicted molar refractivity (Wildman–Crippen MR) is 130 cm³/mol. The van der Waals surface area contributed by atoms with Gasteiger partial charge in [0.1, 0.15) is 11.6 Å². The molecule has 0 bridgehead atoms. The number of nitrogens with zero attached hydrogens (tertiary/aromatic N) is 6. The Kier molecular flexibility index (Phi) is 7.69. The zero-order valence-electron chi connectivity index (χ0n) is 18.1. The van der Waals surface area contributed by atoms with Gasteiger partial charge in [0.2, 0.25) is 0 Å². The van der Waals surface area contributed by atoms with E-state index in [9.17, 15) is 4.39 Å². The van der Waals surface area contributed by atoms with Crippen molar-refractivity contribution < 1.29 is 4.39 Å². The molecule has 0 amide bonds. The first-order chi connectivity index (χ1) is 14.6. The lowest BCUT2D eigenvalue weighted by Gasteiger charge is -2.39. The number of aryl methyl sites for hydroxylation is 1. The molecule has 1 fully saturated rings. The molecule has 0 spiro atoms. The van der Waals surface area contributed by atoms with E-state index < -0.39 is 0 Å². The Balaban J connectivity index is 0.00000272. The molecule has 3 heterocycles. The quantitative estimate of drug-likeness (QED) is 0.313. The normalized spacial score (nSPS) is 19.2. The van der Waals surface area contributed by atoms with E-state index in [1.165, 1.54) is 0 Å². The van der Waals surface area contributed by atoms with Crippen molar-refractivity contribution in [2.45, 2.75) is 32.9 Å². The molecule has 1 saturated heterocycles. The van der Waals surface area contributed by atoms with Gasteiger partial charge in [-0.3, -0.25) is 4.99 Å². The molecule has 2 unspecified atom stereocenters. The van der Waals surface area contributed by atoms with Crippen LogP contribution >= 0.6 is 24.0 Å². The van der Waals surface area contributed by atoms with Gasteiger partial charge in [-0.25, -0.2) is 14.4 Å². The van der Waals surface area contributed by atoms with Gasteiger partial charge in [0.25, 0.3) is 0 Å². The molecule has 0 saturated carbocycles. The third-order valence-corrected chi connectivity index (χ3v) is 5.89. The minimum atomic E-state index is -0.266. The van der Waals surface area contributed by atoms with Crippen LogP contribution in [0.1, 0.15) is 30.8 Å². The average Bonchev–Trinajstić information content (AvgIpc) is 3.42. The second-order valence-corrected chi connectivity index (χ2v) is 7.82. The summed E-state index contributed by atoms with van der Waals surface area (Å²) >= 11 is 0. The van der Waals surface area contributed by atoms with Gasteiger partial charge in [-0.2, -0.15) is 0 Å². The number of halogens is 2. The maximum absolute atomic E-state index is 14.7. The minimum absolute atomic E-state index is 0. The highest BCUT2D eigenvalue weighted by Crippen LogP contribution is 2.27. The van der Waals surface area contributed by atoms with Gasteiger partial charge >= 0.3 is 0 Å². The fourth-order valence-corrected chi connectivity index (χ4v) is 4.10. The molecule has 1 aliphatic rings. The summed E-state index contributed by atoms with van der Waals surface area (Å²) < 4.78 is 18.6. The van der Waals surface area contributed by atoms with E-state index in [1.54, 1.807) is 36.1 Å². The number of piperidine rings is 1. The Labute approximate surface area is 199 Å². The standard InChI is InChI=1S/C22H28FN7.HI/c1-16-6-9-28(14-21(16)29-10-7-25-15-29)22(24-3)27-13-18-4-5-20(19(23)12-18)30-11-8-26-17(30)2;/h4-5,7-8,10-12,15-16,21H,6,9,13-14H2,1-3H3,(H,24,27);1H. The van der Waals surface area contributed by atoms with Crippen LogP contribution in [-0.4, -0.2) is 50.1 Å². The number of likely N-dealkylation sites (tertiary alicyclic amines) is 1. The fourth-order valence-electron chi connectivity index (χ4n) is 4.10. The minimum Gasteiger partial charge on any atom is -0.352 e. The van der Waals surface area contributed by atoms with Gasteiger partial charge in [0.05, 0.1) is 18.1 Å². The van der Waals surface area contributed by atoms with Gasteiger partial charge < -0.3 is 19.4 Å². The summed E-state index contributed by atoms with van der Waals surface area (Å²) in [5, 5.41) is 3.39. The smallest absolute Gasteiger partial charge is 0.193 e. The van der Waals surface area contributed by atoms with Crippen LogP contribution in [0.15, 0.2) is 54.3 Å². The van der Waals surface area contributed by atoms with E-state index in [0.717, 1.165) is 36.9 Å². The molecule has 2 aromatic heterocycles. The van der Waals surface area contributed by atoms with Gasteiger partial charge in [-0.05, 0) is 37.0 Å². The lowest BCUT2D eigenvalue weighted by molar-refractivity contribution is 0.189. The van der Waals surface area contributed by atoms with Gasteiger partial charge in [-0.1, -0.05) is 13.0 Å². The first kappa shape index (κ1) is 23.2. The molecule has 0 radical (unpaired) electrons. The van der Waals surface area contributed by atoms with Crippen LogP contribution in [0, 0.1) is 18.7 Å². The highest BCUT2D eigenvalue weighted by molar-refractivity contribution is 14.0. The number of benzene rings is 1. The van der Waals surface area contributed by atoms with Crippen molar-refractivity contribution in [2.24, 2.45) is 10.9 Å². The van der Waals surface area contributed by atoms with Crippen molar-refractivity contribution in [1.82, 2.24) is 29.3 Å². The molecule has 9 heteroatoms. The summed E-state index contributed by atoms with van der Waals surface area (Å²) in [5.74, 6) is 1.90. The van der Waals surface area contributed by atoms with Crippen molar-refractivity contribution in [2.75, 3.05) is 20.1 Å². The van der Waals surface area contributed by atoms with Crippen LogP contribution < -0.4 is 5.32 Å². The molecule has 31 heavy (non-hydrogen) atoms. The molecular formula is C22H29FIN7. The van der Waals surface area contributed by atoms with E-state index in [1.807, 2.05) is 31.7 Å². The third-order valence-electron chi connectivity index (χ3n) is 5.89. The largest absolute Gasteiger partial charge is 0.352 e. The second kappa shape index (κ2) is 10.3. The molecule has 1 aliphatic heterocycles. The summed E-state index contributed by atoms with van der Waals surface area (Å²) in [6.45, 7) is 6.46. The number of imidazole rings is 2. The number of hydrogen-bond donors (Lipinski definition) is 1. The highest BCUT2D eigenvalue weighted by Gasteiger charge is 2.28. The van der Waals surface area contributed by atoms with Gasteiger partial charge in [0, 0.05) is 51.5 Å². The molecular weight excluding hydrogens is 508 g/mol. The monoisotopic (exact) mass is 537 g/mol. The lowest BCUT2D eigenvalue weighted by atomic mass is 9.93. The molecule has 0 aliphatic carbocycles. The number of guanidine groups is 1. The Hall–Kier alpha value is -2.43. The van der Waals surface area contributed by atoms with Crippen LogP contribution in [0.2, 0.25) is 0 Å². The van der Waals surface area contributed by atoms with E-state index >= 15 is 0 Å². The average molecular weight is 537 g/mol. The number of aliphatic imine (C=N–C) groups is 1. The number of hydrogen-bond acceptors (Lipinski definition) is 3. The molecule has 166 valence electrons. The van der Waals surface area contributed by atoms with E-state index in [2.05, 4.69) is 36.7 Å². The van der Waals surface area contributed by atoms with Crippen LogP contribution in [0.25, 0.3) is 5.69 Å². The van der Waals surface area contributed by atoms with E-state index in [0.29, 0.717) is 24.2 Å². The Morgan fingerprint density at radius 2 is 2.13 bits per heavy atom. The maximum atomic E-state index is 14.7. The van der Waals surface area contributed by atoms with Gasteiger partial charge in [-0.15, -0.1) is 24.0 Å². The molecule has 1 aromatic carbocycles. The van der Waals surface area contributed by atoms with Crippen molar-refractivity contribution in [3.05, 3.63) is 66.5 Å². The summed E-state index contributed by atoms with van der Waals surface area (Å²) in [6.07, 6.45) is 10.2. The third kappa shape index (κ3) is 5.08. The number of rotatable bonds is 4. The lowest BCUT2D eigenvalue weighted by Crippen LogP contribution is -2.48. The summed E-state index contributed by atoms with van der Waals surface area (Å²) in [7, 11) is 1.79. The summed E-state index contributed by atoms with van der Waals surface area (Å²) in [6, 6.07) is 5.66. The van der Waals surface area contributed by atoms with Crippen LogP contribution in [-0.2, 0) is 6.54 Å². The maximum Gasteiger partial charge on any atom is 0.193 e. The summed E-state index contributed by atoms with van der Waals surface area (Å²) in [5.41, 5.74) is 1.37. The Morgan fingerprint density at radius 1 is 1.29 bits per heavy atom. The van der Waals surface area contributed by atoms with Crippen LogP contribution in [0.3, 0.4) is 0 Å². The molecule has 2 atom stereocenters. The van der Waals surface area contributed by atoms with Crippen molar-refractivity contribution in [3.63, 3.8) is 0 Å². The van der Waals surface area contributed by atoms with Crippen molar-refractivity contribution in [3.8, 4) is 5.69 Å². The molecule has 1 N–H and O–H groups in total. The number of aromatic nitrogens is 4. The first-order valence-electron chi connectivity index (χ1n) is 10.3. The zero-order valence-corrected chi connectivity index (χ0v) is 20.4.